The molecule has 37 heavy (non-hydrogen) atoms. The van der Waals surface area contributed by atoms with Crippen LogP contribution in [0.2, 0.25) is 0 Å². The zero-order chi connectivity index (χ0) is 26.1. The predicted molar refractivity (Wildman–Crippen MR) is 155 cm³/mol. The van der Waals surface area contributed by atoms with Gasteiger partial charge in [-0.25, -0.2) is 4.39 Å². The van der Waals surface area contributed by atoms with Crippen LogP contribution in [0, 0.1) is 5.82 Å². The van der Waals surface area contributed by atoms with Crippen LogP contribution in [-0.4, -0.2) is 13.2 Å². The van der Waals surface area contributed by atoms with E-state index in [1.165, 1.54) is 57.8 Å². The van der Waals surface area contributed by atoms with Gasteiger partial charge in [-0.1, -0.05) is 114 Å². The first kappa shape index (κ1) is 28.8. The van der Waals surface area contributed by atoms with Crippen LogP contribution in [0.25, 0.3) is 22.3 Å². The van der Waals surface area contributed by atoms with Crippen LogP contribution in [-0.2, 0) is 0 Å². The molecule has 0 atom stereocenters. The molecule has 0 aliphatic heterocycles. The van der Waals surface area contributed by atoms with Gasteiger partial charge in [0.25, 0.3) is 0 Å². The molecule has 0 radical (unpaired) electrons. The lowest BCUT2D eigenvalue weighted by Gasteiger charge is -2.10. The highest BCUT2D eigenvalue weighted by molar-refractivity contribution is 5.71. The zero-order valence-electron chi connectivity index (χ0n) is 22.9. The van der Waals surface area contributed by atoms with Crippen molar-refractivity contribution in [1.82, 2.24) is 0 Å². The van der Waals surface area contributed by atoms with Gasteiger partial charge in [-0.05, 0) is 59.9 Å². The second-order valence-electron chi connectivity index (χ2n) is 9.98. The van der Waals surface area contributed by atoms with Gasteiger partial charge in [-0.3, -0.25) is 0 Å². The molecule has 0 aromatic heterocycles. The van der Waals surface area contributed by atoms with Crippen molar-refractivity contribution in [3.05, 3.63) is 72.5 Å². The Hall–Kier alpha value is -2.81. The second-order valence-corrected chi connectivity index (χ2v) is 9.98. The molecule has 0 spiro atoms. The Morgan fingerprint density at radius 1 is 0.486 bits per heavy atom. The third kappa shape index (κ3) is 10.2. The van der Waals surface area contributed by atoms with Crippen LogP contribution < -0.4 is 9.47 Å². The van der Waals surface area contributed by atoms with Crippen LogP contribution in [0.4, 0.5) is 4.39 Å². The van der Waals surface area contributed by atoms with Crippen molar-refractivity contribution >= 4 is 0 Å². The van der Waals surface area contributed by atoms with Gasteiger partial charge >= 0.3 is 0 Å². The number of ether oxygens (including phenoxy) is 2. The molecule has 0 aliphatic rings. The third-order valence-electron chi connectivity index (χ3n) is 6.86. The van der Waals surface area contributed by atoms with Crippen molar-refractivity contribution < 1.29 is 13.9 Å². The molecule has 3 aromatic carbocycles. The fraction of sp³-hybridized carbons (Fsp3) is 0.471. The Morgan fingerprint density at radius 3 is 1.49 bits per heavy atom. The lowest BCUT2D eigenvalue weighted by molar-refractivity contribution is 0.304. The van der Waals surface area contributed by atoms with Crippen LogP contribution in [0.3, 0.4) is 0 Å². The largest absolute Gasteiger partial charge is 0.494 e. The lowest BCUT2D eigenvalue weighted by Crippen LogP contribution is -1.97. The predicted octanol–water partition coefficient (Wildman–Crippen LogP) is 10.6. The van der Waals surface area contributed by atoms with E-state index in [1.807, 2.05) is 60.7 Å². The molecule has 0 bridgehead atoms. The Balaban J connectivity index is 1.41. The van der Waals surface area contributed by atoms with Crippen LogP contribution in [0.5, 0.6) is 11.5 Å². The minimum Gasteiger partial charge on any atom is -0.494 e. The molecule has 0 amide bonds. The van der Waals surface area contributed by atoms with E-state index < -0.39 is 0 Å². The molecule has 3 rings (SSSR count). The maximum absolute atomic E-state index is 15.0. The smallest absolute Gasteiger partial charge is 0.131 e. The van der Waals surface area contributed by atoms with Gasteiger partial charge in [0, 0.05) is 5.56 Å². The SMILES string of the molecule is CCCCCCCCCCCCOc1ccc(-c2ccc(-c3ccc(OCCCC)cc3)cc2F)cc1. The molecule has 0 N–H and O–H groups in total. The molecule has 0 fully saturated rings. The van der Waals surface area contributed by atoms with Gasteiger partial charge in [-0.15, -0.1) is 0 Å². The van der Waals surface area contributed by atoms with Gasteiger partial charge < -0.3 is 9.47 Å². The van der Waals surface area contributed by atoms with E-state index in [2.05, 4.69) is 13.8 Å². The van der Waals surface area contributed by atoms with Gasteiger partial charge in [0.1, 0.15) is 17.3 Å². The van der Waals surface area contributed by atoms with Crippen molar-refractivity contribution in [2.24, 2.45) is 0 Å². The Labute approximate surface area is 224 Å². The summed E-state index contributed by atoms with van der Waals surface area (Å²) in [5.74, 6) is 1.47. The molecular formula is C34H45FO2. The zero-order valence-corrected chi connectivity index (χ0v) is 22.9. The normalized spacial score (nSPS) is 11.0. The minimum atomic E-state index is -0.222. The summed E-state index contributed by atoms with van der Waals surface area (Å²) < 4.78 is 26.6. The van der Waals surface area contributed by atoms with E-state index in [9.17, 15) is 0 Å². The van der Waals surface area contributed by atoms with Crippen molar-refractivity contribution in [3.63, 3.8) is 0 Å². The number of benzene rings is 3. The molecule has 0 saturated carbocycles. The van der Waals surface area contributed by atoms with Crippen molar-refractivity contribution in [2.75, 3.05) is 13.2 Å². The summed E-state index contributed by atoms with van der Waals surface area (Å²) in [5, 5.41) is 0. The van der Waals surface area contributed by atoms with Gasteiger partial charge in [0.15, 0.2) is 0 Å². The minimum absolute atomic E-state index is 0.222. The number of hydrogen-bond donors (Lipinski definition) is 0. The van der Waals surface area contributed by atoms with E-state index in [-0.39, 0.29) is 5.82 Å². The van der Waals surface area contributed by atoms with E-state index in [0.717, 1.165) is 60.7 Å². The highest BCUT2D eigenvalue weighted by atomic mass is 19.1. The van der Waals surface area contributed by atoms with Crippen LogP contribution in [0.1, 0.15) is 90.9 Å². The van der Waals surface area contributed by atoms with Crippen molar-refractivity contribution in [2.45, 2.75) is 90.9 Å². The fourth-order valence-corrected chi connectivity index (χ4v) is 4.52. The molecule has 0 heterocycles. The fourth-order valence-electron chi connectivity index (χ4n) is 4.52. The molecular weight excluding hydrogens is 459 g/mol. The molecule has 3 aromatic rings. The number of hydrogen-bond acceptors (Lipinski definition) is 2. The first-order valence-electron chi connectivity index (χ1n) is 14.5. The summed E-state index contributed by atoms with van der Waals surface area (Å²) in [6, 6.07) is 21.1. The monoisotopic (exact) mass is 504 g/mol. The van der Waals surface area contributed by atoms with E-state index in [0.29, 0.717) is 5.56 Å². The summed E-state index contributed by atoms with van der Waals surface area (Å²) in [6.07, 6.45) is 15.3. The Kier molecular flexibility index (Phi) is 13.1. The molecule has 3 heteroatoms. The van der Waals surface area contributed by atoms with E-state index in [4.69, 9.17) is 9.47 Å². The van der Waals surface area contributed by atoms with Gasteiger partial charge in [0.05, 0.1) is 13.2 Å². The average Bonchev–Trinajstić information content (AvgIpc) is 2.93. The Morgan fingerprint density at radius 2 is 0.946 bits per heavy atom. The summed E-state index contributed by atoms with van der Waals surface area (Å²) in [6.45, 7) is 5.87. The quantitative estimate of drug-likeness (QED) is 0.160. The number of halogens is 1. The van der Waals surface area contributed by atoms with E-state index in [1.54, 1.807) is 6.07 Å². The molecule has 0 unspecified atom stereocenters. The van der Waals surface area contributed by atoms with Crippen LogP contribution >= 0.6 is 0 Å². The maximum atomic E-state index is 15.0. The number of unbranched alkanes of at least 4 members (excludes halogenated alkanes) is 10. The summed E-state index contributed by atoms with van der Waals surface area (Å²) >= 11 is 0. The number of rotatable bonds is 18. The van der Waals surface area contributed by atoms with Gasteiger partial charge in [0.2, 0.25) is 0 Å². The molecule has 2 nitrogen and oxygen atoms in total. The van der Waals surface area contributed by atoms with Crippen molar-refractivity contribution in [1.29, 1.82) is 0 Å². The van der Waals surface area contributed by atoms with Crippen molar-refractivity contribution in [3.8, 4) is 33.8 Å². The average molecular weight is 505 g/mol. The Bertz CT molecular complexity index is 1010. The topological polar surface area (TPSA) is 18.5 Å². The highest BCUT2D eigenvalue weighted by Gasteiger charge is 2.08. The van der Waals surface area contributed by atoms with Crippen LogP contribution in [0.15, 0.2) is 66.7 Å². The molecule has 200 valence electrons. The van der Waals surface area contributed by atoms with E-state index >= 15 is 4.39 Å². The third-order valence-corrected chi connectivity index (χ3v) is 6.86. The summed E-state index contributed by atoms with van der Waals surface area (Å²) in [7, 11) is 0. The van der Waals surface area contributed by atoms with Gasteiger partial charge in [-0.2, -0.15) is 0 Å². The first-order chi connectivity index (χ1) is 18.2. The lowest BCUT2D eigenvalue weighted by atomic mass is 9.99. The highest BCUT2D eigenvalue weighted by Crippen LogP contribution is 2.30. The summed E-state index contributed by atoms with van der Waals surface area (Å²) in [5.41, 5.74) is 3.29. The second kappa shape index (κ2) is 16.8. The molecule has 0 saturated heterocycles. The maximum Gasteiger partial charge on any atom is 0.131 e. The molecule has 0 aliphatic carbocycles. The first-order valence-corrected chi connectivity index (χ1v) is 14.5. The summed E-state index contributed by atoms with van der Waals surface area (Å²) in [4.78, 5) is 0. The standard InChI is InChI=1S/C34H45FO2/c1-3-5-7-8-9-10-11-12-13-14-26-37-32-22-17-29(18-23-32)33-24-19-30(27-34(33)35)28-15-20-31(21-16-28)36-25-6-4-2/h15-24,27H,3-14,25-26H2,1-2H3.